The molecule has 0 aliphatic heterocycles. The van der Waals surface area contributed by atoms with Crippen LogP contribution in [0, 0.1) is 5.92 Å². The third-order valence-corrected chi connectivity index (χ3v) is 4.57. The van der Waals surface area contributed by atoms with Crippen molar-refractivity contribution in [2.45, 2.75) is 64.0 Å². The first kappa shape index (κ1) is 16.0. The Morgan fingerprint density at radius 3 is 2.81 bits per heavy atom. The number of carbonyl (C=O) groups excluding carboxylic acids is 1. The quantitative estimate of drug-likeness (QED) is 0.806. The summed E-state index contributed by atoms with van der Waals surface area (Å²) < 4.78 is 0. The maximum Gasteiger partial charge on any atom is 0.222 e. The molecule has 116 valence electrons. The second-order valence-corrected chi connectivity index (χ2v) is 6.23. The Hall–Kier alpha value is -1.35. The third kappa shape index (κ3) is 4.85. The molecule has 1 saturated carbocycles. The van der Waals surface area contributed by atoms with Gasteiger partial charge in [-0.1, -0.05) is 56.5 Å². The molecule has 1 aromatic carbocycles. The van der Waals surface area contributed by atoms with Crippen LogP contribution in [0.25, 0.3) is 0 Å². The Balaban J connectivity index is 1.81. The number of nitrogens with one attached hydrogen (secondary N) is 1. The summed E-state index contributed by atoms with van der Waals surface area (Å²) in [6, 6.07) is 10.0. The minimum atomic E-state index is -0.207. The fourth-order valence-electron chi connectivity index (χ4n) is 3.32. The maximum absolute atomic E-state index is 12.2. The van der Waals surface area contributed by atoms with Crippen molar-refractivity contribution in [2.75, 3.05) is 0 Å². The summed E-state index contributed by atoms with van der Waals surface area (Å²) in [5, 5.41) is 3.22. The van der Waals surface area contributed by atoms with Crippen molar-refractivity contribution in [2.24, 2.45) is 11.7 Å². The van der Waals surface area contributed by atoms with Crippen LogP contribution in [0.5, 0.6) is 0 Å². The summed E-state index contributed by atoms with van der Waals surface area (Å²) in [5.74, 6) is 0.765. The minimum Gasteiger partial charge on any atom is -0.353 e. The predicted molar refractivity (Wildman–Crippen MR) is 86.8 cm³/mol. The summed E-state index contributed by atoms with van der Waals surface area (Å²) in [4.78, 5) is 12.2. The molecule has 3 N–H and O–H groups in total. The van der Waals surface area contributed by atoms with E-state index in [1.807, 2.05) is 30.3 Å². The van der Waals surface area contributed by atoms with E-state index in [9.17, 15) is 4.79 Å². The first-order valence-electron chi connectivity index (χ1n) is 8.30. The molecule has 2 rings (SSSR count). The van der Waals surface area contributed by atoms with Gasteiger partial charge in [0.05, 0.1) is 0 Å². The summed E-state index contributed by atoms with van der Waals surface area (Å²) in [6.45, 7) is 2.22. The van der Waals surface area contributed by atoms with Crippen LogP contribution in [0.4, 0.5) is 0 Å². The van der Waals surface area contributed by atoms with Gasteiger partial charge in [-0.3, -0.25) is 4.79 Å². The first-order chi connectivity index (χ1) is 10.2. The van der Waals surface area contributed by atoms with Gasteiger partial charge in [0, 0.05) is 18.5 Å². The van der Waals surface area contributed by atoms with Crippen LogP contribution in [-0.4, -0.2) is 11.9 Å². The van der Waals surface area contributed by atoms with Gasteiger partial charge in [-0.05, 0) is 30.7 Å². The summed E-state index contributed by atoms with van der Waals surface area (Å²) in [6.07, 6.45) is 7.74. The molecule has 1 aliphatic carbocycles. The van der Waals surface area contributed by atoms with Crippen molar-refractivity contribution < 1.29 is 4.79 Å². The molecule has 1 amide bonds. The van der Waals surface area contributed by atoms with Crippen LogP contribution in [-0.2, 0) is 4.79 Å². The van der Waals surface area contributed by atoms with Gasteiger partial charge in [0.25, 0.3) is 0 Å². The van der Waals surface area contributed by atoms with Crippen LogP contribution in [0.1, 0.15) is 63.5 Å². The van der Waals surface area contributed by atoms with Crippen molar-refractivity contribution in [1.29, 1.82) is 0 Å². The zero-order valence-electron chi connectivity index (χ0n) is 13.1. The second-order valence-electron chi connectivity index (χ2n) is 6.23. The van der Waals surface area contributed by atoms with E-state index in [1.165, 1.54) is 32.1 Å². The Labute approximate surface area is 128 Å². The normalized spacial score (nSPS) is 23.0. The van der Waals surface area contributed by atoms with E-state index in [0.29, 0.717) is 18.4 Å². The second kappa shape index (κ2) is 8.18. The van der Waals surface area contributed by atoms with E-state index in [1.54, 1.807) is 0 Å². The molecule has 21 heavy (non-hydrogen) atoms. The third-order valence-electron chi connectivity index (χ3n) is 4.57. The molecule has 3 nitrogen and oxygen atoms in total. The van der Waals surface area contributed by atoms with Gasteiger partial charge in [-0.15, -0.1) is 0 Å². The highest BCUT2D eigenvalue weighted by atomic mass is 16.1. The predicted octanol–water partition coefficient (Wildman–Crippen LogP) is 3.55. The Morgan fingerprint density at radius 1 is 1.33 bits per heavy atom. The molecular formula is C18H28N2O. The Morgan fingerprint density at radius 2 is 2.10 bits per heavy atom. The average Bonchev–Trinajstić information content (AvgIpc) is 2.93. The molecule has 1 aromatic rings. The fourth-order valence-corrected chi connectivity index (χ4v) is 3.32. The van der Waals surface area contributed by atoms with Gasteiger partial charge in [0.1, 0.15) is 0 Å². The highest BCUT2D eigenvalue weighted by molar-refractivity contribution is 5.77. The summed E-state index contributed by atoms with van der Waals surface area (Å²) >= 11 is 0. The molecule has 0 aromatic heterocycles. The molecule has 0 bridgehead atoms. The molecule has 3 atom stereocenters. The minimum absolute atomic E-state index is 0.0970. The summed E-state index contributed by atoms with van der Waals surface area (Å²) in [7, 11) is 0. The molecule has 1 fully saturated rings. The van der Waals surface area contributed by atoms with Crippen LogP contribution in [0.15, 0.2) is 30.3 Å². The molecule has 3 unspecified atom stereocenters. The van der Waals surface area contributed by atoms with Crippen LogP contribution in [0.3, 0.4) is 0 Å². The van der Waals surface area contributed by atoms with Crippen molar-refractivity contribution >= 4 is 5.91 Å². The van der Waals surface area contributed by atoms with Gasteiger partial charge in [0.15, 0.2) is 0 Å². The first-order valence-corrected chi connectivity index (χ1v) is 8.30. The van der Waals surface area contributed by atoms with E-state index in [-0.39, 0.29) is 11.9 Å². The number of hydrogen-bond acceptors (Lipinski definition) is 2. The lowest BCUT2D eigenvalue weighted by Gasteiger charge is -2.22. The number of nitrogens with two attached hydrogens (primary N) is 1. The molecular weight excluding hydrogens is 260 g/mol. The maximum atomic E-state index is 12.2. The van der Waals surface area contributed by atoms with Crippen molar-refractivity contribution in [1.82, 2.24) is 5.32 Å². The number of amides is 1. The van der Waals surface area contributed by atoms with Gasteiger partial charge >= 0.3 is 0 Å². The SMILES string of the molecule is CCCCC1CCCC1NC(=O)CC(N)c1ccccc1. The standard InChI is InChI=1S/C18H28N2O/c1-2-3-8-15-11-7-12-17(15)20-18(21)13-16(19)14-9-5-4-6-10-14/h4-6,9-10,15-17H,2-3,7-8,11-13,19H2,1H3,(H,20,21). The lowest BCUT2D eigenvalue weighted by Crippen LogP contribution is -2.38. The van der Waals surface area contributed by atoms with E-state index >= 15 is 0 Å². The summed E-state index contributed by atoms with van der Waals surface area (Å²) in [5.41, 5.74) is 7.15. The number of rotatable bonds is 7. The molecule has 0 spiro atoms. The van der Waals surface area contributed by atoms with Crippen molar-refractivity contribution in [3.05, 3.63) is 35.9 Å². The molecule has 3 heteroatoms. The van der Waals surface area contributed by atoms with E-state index in [0.717, 1.165) is 12.0 Å². The van der Waals surface area contributed by atoms with Crippen molar-refractivity contribution in [3.63, 3.8) is 0 Å². The zero-order valence-corrected chi connectivity index (χ0v) is 13.1. The molecule has 1 aliphatic rings. The highest BCUT2D eigenvalue weighted by Gasteiger charge is 2.28. The lowest BCUT2D eigenvalue weighted by atomic mass is 9.96. The van der Waals surface area contributed by atoms with Gasteiger partial charge in [-0.25, -0.2) is 0 Å². The van der Waals surface area contributed by atoms with Gasteiger partial charge in [0.2, 0.25) is 5.91 Å². The Bertz CT molecular complexity index is 432. The fraction of sp³-hybridized carbons (Fsp3) is 0.611. The zero-order chi connectivity index (χ0) is 15.1. The van der Waals surface area contributed by atoms with Gasteiger partial charge in [-0.2, -0.15) is 0 Å². The molecule has 0 heterocycles. The molecule has 0 radical (unpaired) electrons. The van der Waals surface area contributed by atoms with E-state index in [2.05, 4.69) is 12.2 Å². The van der Waals surface area contributed by atoms with Crippen LogP contribution in [0.2, 0.25) is 0 Å². The molecule has 0 saturated heterocycles. The number of hydrogen-bond donors (Lipinski definition) is 2. The number of carbonyl (C=O) groups is 1. The van der Waals surface area contributed by atoms with Crippen LogP contribution < -0.4 is 11.1 Å². The topological polar surface area (TPSA) is 55.1 Å². The number of unbranched alkanes of at least 4 members (excludes halogenated alkanes) is 1. The van der Waals surface area contributed by atoms with E-state index in [4.69, 9.17) is 5.73 Å². The average molecular weight is 288 g/mol. The monoisotopic (exact) mass is 288 g/mol. The smallest absolute Gasteiger partial charge is 0.222 e. The number of benzene rings is 1. The largest absolute Gasteiger partial charge is 0.353 e. The van der Waals surface area contributed by atoms with E-state index < -0.39 is 0 Å². The van der Waals surface area contributed by atoms with Crippen molar-refractivity contribution in [3.8, 4) is 0 Å². The highest BCUT2D eigenvalue weighted by Crippen LogP contribution is 2.30. The lowest BCUT2D eigenvalue weighted by molar-refractivity contribution is -0.122. The van der Waals surface area contributed by atoms with Crippen LogP contribution >= 0.6 is 0 Å². The van der Waals surface area contributed by atoms with Gasteiger partial charge < -0.3 is 11.1 Å². The Kier molecular flexibility index (Phi) is 6.24.